The molecule has 0 radical (unpaired) electrons. The highest BCUT2D eigenvalue weighted by atomic mass is 16.6. The molecule has 7 nitrogen and oxygen atoms in total. The molecule has 2 aromatic rings. The molecule has 2 N–H and O–H groups in total. The molecule has 0 heterocycles. The Morgan fingerprint density at radius 3 is 2.56 bits per heavy atom. The van der Waals surface area contributed by atoms with Gasteiger partial charge >= 0.3 is 5.97 Å². The highest BCUT2D eigenvalue weighted by molar-refractivity contribution is 5.97. The average molecular weight is 342 g/mol. The summed E-state index contributed by atoms with van der Waals surface area (Å²) in [6, 6.07) is 13.0. The molecule has 0 saturated carbocycles. The number of aromatic hydroxyl groups is 1. The lowest BCUT2D eigenvalue weighted by Gasteiger charge is -2.05. The predicted molar refractivity (Wildman–Crippen MR) is 91.7 cm³/mol. The van der Waals surface area contributed by atoms with Crippen LogP contribution in [0.5, 0.6) is 11.5 Å². The molecule has 0 aliphatic rings. The van der Waals surface area contributed by atoms with Gasteiger partial charge in [-0.1, -0.05) is 12.1 Å². The summed E-state index contributed by atoms with van der Waals surface area (Å²) in [5.41, 5.74) is 3.20. The molecule has 0 unspecified atom stereocenters. The van der Waals surface area contributed by atoms with Gasteiger partial charge in [0.25, 0.3) is 5.91 Å². The fourth-order valence-corrected chi connectivity index (χ4v) is 1.89. The first-order valence-electron chi connectivity index (χ1n) is 7.60. The van der Waals surface area contributed by atoms with Gasteiger partial charge in [-0.15, -0.1) is 0 Å². The summed E-state index contributed by atoms with van der Waals surface area (Å²) in [4.78, 5) is 23.1. The number of hydrogen-bond acceptors (Lipinski definition) is 6. The van der Waals surface area contributed by atoms with E-state index in [1.165, 1.54) is 18.3 Å². The van der Waals surface area contributed by atoms with Crippen molar-refractivity contribution in [2.45, 2.75) is 6.92 Å². The molecular formula is C18H18N2O5. The Bertz CT molecular complexity index is 756. The van der Waals surface area contributed by atoms with Crippen molar-refractivity contribution in [2.24, 2.45) is 5.10 Å². The molecule has 0 atom stereocenters. The van der Waals surface area contributed by atoms with Gasteiger partial charge in [-0.25, -0.2) is 10.2 Å². The molecule has 2 rings (SSSR count). The van der Waals surface area contributed by atoms with Gasteiger partial charge in [0.15, 0.2) is 6.61 Å². The van der Waals surface area contributed by atoms with Crippen LogP contribution in [0.15, 0.2) is 53.6 Å². The van der Waals surface area contributed by atoms with Gasteiger partial charge in [0.1, 0.15) is 11.5 Å². The lowest BCUT2D eigenvalue weighted by atomic mass is 10.2. The fraction of sp³-hybridized carbons (Fsp3) is 0.167. The van der Waals surface area contributed by atoms with E-state index in [0.29, 0.717) is 12.4 Å². The van der Waals surface area contributed by atoms with E-state index < -0.39 is 11.9 Å². The number of hydrazone groups is 1. The first kappa shape index (κ1) is 18.0. The topological polar surface area (TPSA) is 97.2 Å². The molecule has 7 heteroatoms. The first-order chi connectivity index (χ1) is 12.1. The van der Waals surface area contributed by atoms with E-state index in [0.717, 1.165) is 5.56 Å². The van der Waals surface area contributed by atoms with Gasteiger partial charge < -0.3 is 14.6 Å². The lowest BCUT2D eigenvalue weighted by Crippen LogP contribution is -2.17. The number of phenolic OH excluding ortho intramolecular Hbond substituents is 1. The Hall–Kier alpha value is -3.35. The number of carbonyl (C=O) groups excluding carboxylic acids is 2. The Morgan fingerprint density at radius 2 is 1.88 bits per heavy atom. The van der Waals surface area contributed by atoms with E-state index in [1.807, 2.05) is 0 Å². The van der Waals surface area contributed by atoms with E-state index >= 15 is 0 Å². The van der Waals surface area contributed by atoms with Crippen LogP contribution >= 0.6 is 0 Å². The highest BCUT2D eigenvalue weighted by Crippen LogP contribution is 2.15. The number of esters is 1. The summed E-state index contributed by atoms with van der Waals surface area (Å²) < 4.78 is 10.0. The number of hydrogen-bond donors (Lipinski definition) is 2. The minimum absolute atomic E-state index is 0.113. The lowest BCUT2D eigenvalue weighted by molar-refractivity contribution is -0.145. The molecule has 1 amide bonds. The van der Waals surface area contributed by atoms with Gasteiger partial charge in [0, 0.05) is 0 Å². The maximum atomic E-state index is 11.9. The number of carbonyl (C=O) groups is 2. The number of ether oxygens (including phenoxy) is 2. The van der Waals surface area contributed by atoms with Crippen molar-refractivity contribution in [3.63, 3.8) is 0 Å². The van der Waals surface area contributed by atoms with Crippen molar-refractivity contribution in [2.75, 3.05) is 13.2 Å². The molecule has 130 valence electrons. The Kier molecular flexibility index (Phi) is 6.53. The van der Waals surface area contributed by atoms with E-state index in [1.54, 1.807) is 43.3 Å². The van der Waals surface area contributed by atoms with Crippen LogP contribution in [-0.2, 0) is 9.53 Å². The number of phenols is 1. The molecule has 2 aromatic carbocycles. The summed E-state index contributed by atoms with van der Waals surface area (Å²) in [6.45, 7) is 1.88. The SMILES string of the molecule is CCOC(=O)COc1ccc(/C=N/NC(=O)c2ccccc2O)cc1. The molecule has 0 aliphatic carbocycles. The number of nitrogens with one attached hydrogen (secondary N) is 1. The third-order valence-corrected chi connectivity index (χ3v) is 3.07. The van der Waals surface area contributed by atoms with Crippen LogP contribution in [0.1, 0.15) is 22.8 Å². The molecule has 0 bridgehead atoms. The van der Waals surface area contributed by atoms with Crippen LogP contribution in [-0.4, -0.2) is 36.4 Å². The van der Waals surface area contributed by atoms with Crippen molar-refractivity contribution >= 4 is 18.1 Å². The minimum Gasteiger partial charge on any atom is -0.507 e. The number of benzene rings is 2. The summed E-state index contributed by atoms with van der Waals surface area (Å²) in [5, 5.41) is 13.4. The van der Waals surface area contributed by atoms with Crippen molar-refractivity contribution < 1.29 is 24.2 Å². The van der Waals surface area contributed by atoms with Gasteiger partial charge in [-0.05, 0) is 48.9 Å². The van der Waals surface area contributed by atoms with Gasteiger partial charge in [-0.2, -0.15) is 5.10 Å². The maximum Gasteiger partial charge on any atom is 0.344 e. The monoisotopic (exact) mass is 342 g/mol. The minimum atomic E-state index is -0.510. The standard InChI is InChI=1S/C18H18N2O5/c1-2-24-17(22)12-25-14-9-7-13(8-10-14)11-19-20-18(23)15-5-3-4-6-16(15)21/h3-11,21H,2,12H2,1H3,(H,20,23)/b19-11+. The molecule has 0 fully saturated rings. The number of rotatable bonds is 7. The van der Waals surface area contributed by atoms with Gasteiger partial charge in [0.2, 0.25) is 0 Å². The largest absolute Gasteiger partial charge is 0.507 e. The zero-order chi connectivity index (χ0) is 18.1. The third kappa shape index (κ3) is 5.65. The fourth-order valence-electron chi connectivity index (χ4n) is 1.89. The zero-order valence-electron chi connectivity index (χ0n) is 13.6. The molecule has 25 heavy (non-hydrogen) atoms. The van der Waals surface area contributed by atoms with E-state index in [2.05, 4.69) is 10.5 Å². The molecule has 0 aromatic heterocycles. The number of nitrogens with zero attached hydrogens (tertiary/aromatic N) is 1. The zero-order valence-corrected chi connectivity index (χ0v) is 13.6. The smallest absolute Gasteiger partial charge is 0.344 e. The quantitative estimate of drug-likeness (QED) is 0.456. The highest BCUT2D eigenvalue weighted by Gasteiger charge is 2.08. The van der Waals surface area contributed by atoms with Crippen LogP contribution in [0.3, 0.4) is 0 Å². The Balaban J connectivity index is 1.86. The average Bonchev–Trinajstić information content (AvgIpc) is 2.61. The van der Waals surface area contributed by atoms with E-state index in [-0.39, 0.29) is 17.9 Å². The molecule has 0 aliphatic heterocycles. The normalized spacial score (nSPS) is 10.4. The number of amides is 1. The van der Waals surface area contributed by atoms with Crippen LogP contribution in [0, 0.1) is 0 Å². The molecular weight excluding hydrogens is 324 g/mol. The van der Waals surface area contributed by atoms with Crippen LogP contribution in [0.2, 0.25) is 0 Å². The Morgan fingerprint density at radius 1 is 1.16 bits per heavy atom. The van der Waals surface area contributed by atoms with Crippen LogP contribution in [0.25, 0.3) is 0 Å². The molecule has 0 spiro atoms. The molecule has 0 saturated heterocycles. The van der Waals surface area contributed by atoms with Crippen LogP contribution in [0.4, 0.5) is 0 Å². The third-order valence-electron chi connectivity index (χ3n) is 3.07. The summed E-state index contributed by atoms with van der Waals surface area (Å²) in [7, 11) is 0. The first-order valence-corrected chi connectivity index (χ1v) is 7.60. The van der Waals surface area contributed by atoms with Crippen molar-refractivity contribution in [1.82, 2.24) is 5.43 Å². The Labute approximate surface area is 144 Å². The van der Waals surface area contributed by atoms with Gasteiger partial charge in [-0.3, -0.25) is 4.79 Å². The van der Waals surface area contributed by atoms with E-state index in [4.69, 9.17) is 9.47 Å². The summed E-state index contributed by atoms with van der Waals surface area (Å²) in [5.74, 6) is -0.537. The second-order valence-corrected chi connectivity index (χ2v) is 4.88. The van der Waals surface area contributed by atoms with Crippen molar-refractivity contribution in [3.05, 3.63) is 59.7 Å². The van der Waals surface area contributed by atoms with Crippen molar-refractivity contribution in [3.8, 4) is 11.5 Å². The van der Waals surface area contributed by atoms with Gasteiger partial charge in [0.05, 0.1) is 18.4 Å². The van der Waals surface area contributed by atoms with Crippen molar-refractivity contribution in [1.29, 1.82) is 0 Å². The summed E-state index contributed by atoms with van der Waals surface area (Å²) in [6.07, 6.45) is 1.45. The summed E-state index contributed by atoms with van der Waals surface area (Å²) >= 11 is 0. The predicted octanol–water partition coefficient (Wildman–Crippen LogP) is 2.10. The second-order valence-electron chi connectivity index (χ2n) is 4.88. The maximum absolute atomic E-state index is 11.9. The second kappa shape index (κ2) is 9.07. The van der Waals surface area contributed by atoms with E-state index in [9.17, 15) is 14.7 Å². The number of para-hydroxylation sites is 1. The van der Waals surface area contributed by atoms with Crippen LogP contribution < -0.4 is 10.2 Å².